The number of β-amino-alcohol motifs (C(OH)–C–C–N with tert-alkyl or cyclic N) is 1. The average Bonchev–Trinajstić information content (AvgIpc) is 3.09. The number of aromatic amines is 1. The second kappa shape index (κ2) is 6.70. The fraction of sp³-hybridized carbons (Fsp3) is 0.286. The lowest BCUT2D eigenvalue weighted by molar-refractivity contribution is -0.0899. The number of hydrogen-bond donors (Lipinski definition) is 2. The van der Waals surface area contributed by atoms with Crippen LogP contribution in [0, 0.1) is 5.82 Å². The summed E-state index contributed by atoms with van der Waals surface area (Å²) in [6, 6.07) is 15.7. The summed E-state index contributed by atoms with van der Waals surface area (Å²) >= 11 is 0. The normalized spacial score (nSPS) is 22.8. The van der Waals surface area contributed by atoms with Crippen LogP contribution in [0.2, 0.25) is 0 Å². The number of hydrogen-bond acceptors (Lipinski definition) is 3. The number of likely N-dealkylation sites (tertiary alicyclic amines) is 1. The second-order valence-electron chi connectivity index (χ2n) is 7.18. The molecule has 0 radical (unpaired) electrons. The van der Waals surface area contributed by atoms with Gasteiger partial charge in [0.05, 0.1) is 12.1 Å². The van der Waals surface area contributed by atoms with Gasteiger partial charge in [0.1, 0.15) is 29.0 Å². The number of carbonyl (C=O) groups is 1. The lowest BCUT2D eigenvalue weighted by Gasteiger charge is -2.42. The van der Waals surface area contributed by atoms with E-state index in [-0.39, 0.29) is 12.5 Å². The number of para-hydroxylation sites is 2. The van der Waals surface area contributed by atoms with Crippen LogP contribution in [0.25, 0.3) is 10.9 Å². The van der Waals surface area contributed by atoms with E-state index in [1.54, 1.807) is 30.0 Å². The third-order valence-corrected chi connectivity index (χ3v) is 5.01. The molecule has 2 heterocycles. The highest BCUT2D eigenvalue weighted by Gasteiger charge is 2.41. The molecule has 1 aliphatic heterocycles. The van der Waals surface area contributed by atoms with Crippen molar-refractivity contribution in [3.8, 4) is 5.75 Å². The number of aliphatic hydroxyl groups is 1. The van der Waals surface area contributed by atoms with Gasteiger partial charge in [-0.3, -0.25) is 4.79 Å². The minimum absolute atomic E-state index is 0.140. The maximum Gasteiger partial charge on any atom is 0.270 e. The standard InChI is InChI=1S/C21H21FN2O3/c1-21(26)13-24(11-10-18(21)27-15-7-3-2-4-8-15)20(25)17-12-14-6-5-9-16(22)19(14)23-17/h2-9,12,18,23,26H,10-11,13H2,1H3/t18-,21-/m0/s1. The van der Waals surface area contributed by atoms with Gasteiger partial charge in [-0.25, -0.2) is 4.39 Å². The van der Waals surface area contributed by atoms with Gasteiger partial charge in [-0.2, -0.15) is 0 Å². The molecule has 5 nitrogen and oxygen atoms in total. The molecule has 0 unspecified atom stereocenters. The number of rotatable bonds is 3. The van der Waals surface area contributed by atoms with Crippen molar-refractivity contribution < 1.29 is 19.0 Å². The molecule has 3 aromatic rings. The van der Waals surface area contributed by atoms with E-state index in [4.69, 9.17) is 4.74 Å². The Balaban J connectivity index is 1.50. The molecule has 0 bridgehead atoms. The van der Waals surface area contributed by atoms with E-state index in [0.29, 0.717) is 35.3 Å². The molecular formula is C21H21FN2O3. The summed E-state index contributed by atoms with van der Waals surface area (Å²) in [5.41, 5.74) is -0.565. The zero-order chi connectivity index (χ0) is 19.0. The first-order valence-corrected chi connectivity index (χ1v) is 8.95. The van der Waals surface area contributed by atoms with Crippen LogP contribution in [0.1, 0.15) is 23.8 Å². The smallest absolute Gasteiger partial charge is 0.270 e. The molecule has 2 atom stereocenters. The summed E-state index contributed by atoms with van der Waals surface area (Å²) in [6.45, 7) is 2.26. The molecule has 0 saturated carbocycles. The van der Waals surface area contributed by atoms with E-state index >= 15 is 0 Å². The quantitative estimate of drug-likeness (QED) is 0.745. The maximum atomic E-state index is 13.9. The maximum absolute atomic E-state index is 13.9. The molecule has 2 N–H and O–H groups in total. The molecular weight excluding hydrogens is 347 g/mol. The van der Waals surface area contributed by atoms with Gasteiger partial charge in [-0.05, 0) is 31.2 Å². The molecule has 4 rings (SSSR count). The first-order valence-electron chi connectivity index (χ1n) is 8.95. The molecule has 1 fully saturated rings. The van der Waals surface area contributed by atoms with E-state index in [1.165, 1.54) is 6.07 Å². The van der Waals surface area contributed by atoms with Crippen LogP contribution >= 0.6 is 0 Å². The number of piperidine rings is 1. The third kappa shape index (κ3) is 3.40. The Kier molecular flexibility index (Phi) is 4.36. The number of carbonyl (C=O) groups excluding carboxylic acids is 1. The van der Waals surface area contributed by atoms with Crippen molar-refractivity contribution in [2.24, 2.45) is 0 Å². The van der Waals surface area contributed by atoms with Crippen LogP contribution in [-0.4, -0.2) is 45.7 Å². The highest BCUT2D eigenvalue weighted by atomic mass is 19.1. The first kappa shape index (κ1) is 17.5. The Morgan fingerprint density at radius 1 is 1.26 bits per heavy atom. The fourth-order valence-corrected chi connectivity index (χ4v) is 3.58. The van der Waals surface area contributed by atoms with E-state index in [0.717, 1.165) is 0 Å². The number of H-pyrrole nitrogens is 1. The Morgan fingerprint density at radius 2 is 2.04 bits per heavy atom. The van der Waals surface area contributed by atoms with Crippen molar-refractivity contribution >= 4 is 16.8 Å². The number of nitrogens with zero attached hydrogens (tertiary/aromatic N) is 1. The van der Waals surface area contributed by atoms with Crippen molar-refractivity contribution in [2.45, 2.75) is 25.0 Å². The zero-order valence-electron chi connectivity index (χ0n) is 15.0. The van der Waals surface area contributed by atoms with Crippen LogP contribution in [0.3, 0.4) is 0 Å². The summed E-state index contributed by atoms with van der Waals surface area (Å²) in [6.07, 6.45) is 0.0893. The minimum atomic E-state index is -1.19. The number of fused-ring (bicyclic) bond motifs is 1. The molecule has 0 aliphatic carbocycles. The molecule has 2 aromatic carbocycles. The van der Waals surface area contributed by atoms with E-state index < -0.39 is 17.5 Å². The predicted molar refractivity (Wildman–Crippen MR) is 100 cm³/mol. The number of nitrogens with one attached hydrogen (secondary N) is 1. The predicted octanol–water partition coefficient (Wildman–Crippen LogP) is 3.35. The lowest BCUT2D eigenvalue weighted by atomic mass is 9.91. The molecule has 140 valence electrons. The first-order chi connectivity index (χ1) is 12.9. The summed E-state index contributed by atoms with van der Waals surface area (Å²) in [5.74, 6) is 0.0335. The molecule has 1 saturated heterocycles. The van der Waals surface area contributed by atoms with Crippen molar-refractivity contribution in [3.05, 3.63) is 66.1 Å². The zero-order valence-corrected chi connectivity index (χ0v) is 15.0. The van der Waals surface area contributed by atoms with Gasteiger partial charge in [0.2, 0.25) is 0 Å². The highest BCUT2D eigenvalue weighted by molar-refractivity contribution is 5.98. The van der Waals surface area contributed by atoms with Gasteiger partial charge in [0, 0.05) is 18.4 Å². The molecule has 1 aromatic heterocycles. The minimum Gasteiger partial charge on any atom is -0.487 e. The summed E-state index contributed by atoms with van der Waals surface area (Å²) < 4.78 is 19.8. The Hall–Kier alpha value is -2.86. The summed E-state index contributed by atoms with van der Waals surface area (Å²) in [4.78, 5) is 17.3. The van der Waals surface area contributed by atoms with Crippen LogP contribution in [0.4, 0.5) is 4.39 Å². The monoisotopic (exact) mass is 368 g/mol. The van der Waals surface area contributed by atoms with Crippen LogP contribution in [0.15, 0.2) is 54.6 Å². The van der Waals surface area contributed by atoms with Crippen molar-refractivity contribution in [3.63, 3.8) is 0 Å². The number of benzene rings is 2. The largest absolute Gasteiger partial charge is 0.487 e. The SMILES string of the molecule is C[C@]1(O)CN(C(=O)c2cc3cccc(F)c3[nH]2)CC[C@@H]1Oc1ccccc1. The van der Waals surface area contributed by atoms with Crippen LogP contribution < -0.4 is 4.74 Å². The van der Waals surface area contributed by atoms with Gasteiger partial charge in [-0.15, -0.1) is 0 Å². The van der Waals surface area contributed by atoms with Crippen molar-refractivity contribution in [2.75, 3.05) is 13.1 Å². The Labute approximate surface area is 156 Å². The number of halogens is 1. The van der Waals surface area contributed by atoms with Gasteiger partial charge < -0.3 is 19.7 Å². The van der Waals surface area contributed by atoms with Gasteiger partial charge in [-0.1, -0.05) is 30.3 Å². The van der Waals surface area contributed by atoms with Crippen LogP contribution in [-0.2, 0) is 0 Å². The Bertz CT molecular complexity index is 968. The molecule has 27 heavy (non-hydrogen) atoms. The number of ether oxygens (including phenoxy) is 1. The lowest BCUT2D eigenvalue weighted by Crippen LogP contribution is -2.58. The number of amides is 1. The van der Waals surface area contributed by atoms with Gasteiger partial charge >= 0.3 is 0 Å². The second-order valence-corrected chi connectivity index (χ2v) is 7.18. The molecule has 1 amide bonds. The Morgan fingerprint density at radius 3 is 2.74 bits per heavy atom. The van der Waals surface area contributed by atoms with Gasteiger partial charge in [0.15, 0.2) is 0 Å². The third-order valence-electron chi connectivity index (χ3n) is 5.01. The highest BCUT2D eigenvalue weighted by Crippen LogP contribution is 2.28. The van der Waals surface area contributed by atoms with Crippen molar-refractivity contribution in [1.82, 2.24) is 9.88 Å². The average molecular weight is 368 g/mol. The summed E-state index contributed by atoms with van der Waals surface area (Å²) in [7, 11) is 0. The number of aromatic nitrogens is 1. The fourth-order valence-electron chi connectivity index (χ4n) is 3.58. The van der Waals surface area contributed by atoms with E-state index in [2.05, 4.69) is 4.98 Å². The molecule has 0 spiro atoms. The van der Waals surface area contributed by atoms with E-state index in [9.17, 15) is 14.3 Å². The van der Waals surface area contributed by atoms with Crippen molar-refractivity contribution in [1.29, 1.82) is 0 Å². The topological polar surface area (TPSA) is 65.6 Å². The molecule has 6 heteroatoms. The summed E-state index contributed by atoms with van der Waals surface area (Å²) in [5, 5.41) is 11.5. The van der Waals surface area contributed by atoms with Gasteiger partial charge in [0.25, 0.3) is 5.91 Å². The molecule has 1 aliphatic rings. The van der Waals surface area contributed by atoms with E-state index in [1.807, 2.05) is 30.3 Å². The van der Waals surface area contributed by atoms with Crippen LogP contribution in [0.5, 0.6) is 5.75 Å².